The van der Waals surface area contributed by atoms with Gasteiger partial charge in [-0.15, -0.1) is 0 Å². The summed E-state index contributed by atoms with van der Waals surface area (Å²) in [6.07, 6.45) is 0.965. The van der Waals surface area contributed by atoms with Crippen molar-refractivity contribution in [3.63, 3.8) is 0 Å². The number of rotatable bonds is 6. The molecule has 1 aromatic carbocycles. The fraction of sp³-hybridized carbons (Fsp3) is 0.571. The first-order valence-corrected chi connectivity index (χ1v) is 6.59. The third kappa shape index (κ3) is 3.88. The fourth-order valence-corrected chi connectivity index (χ4v) is 2.26. The van der Waals surface area contributed by atoms with Crippen molar-refractivity contribution in [3.05, 3.63) is 29.8 Å². The van der Waals surface area contributed by atoms with E-state index in [1.54, 1.807) is 0 Å². The average molecular weight is 271 g/mol. The molecule has 0 saturated carbocycles. The Balaban J connectivity index is 1.95. The molecule has 0 bridgehead atoms. The molecule has 1 aromatic rings. The number of hydrogen-bond donors (Lipinski definition) is 1. The van der Waals surface area contributed by atoms with Gasteiger partial charge in [-0.25, -0.2) is 8.78 Å². The van der Waals surface area contributed by atoms with Gasteiger partial charge >= 0.3 is 0 Å². The maximum absolute atomic E-state index is 13.4. The van der Waals surface area contributed by atoms with Crippen LogP contribution in [-0.4, -0.2) is 32.4 Å². The zero-order valence-electron chi connectivity index (χ0n) is 11.0. The summed E-state index contributed by atoms with van der Waals surface area (Å²) in [7, 11) is 0. The van der Waals surface area contributed by atoms with Gasteiger partial charge in [0.1, 0.15) is 12.4 Å². The first-order chi connectivity index (χ1) is 9.20. The van der Waals surface area contributed by atoms with Gasteiger partial charge in [-0.1, -0.05) is 6.92 Å². The SMILES string of the molecule is CCNC(COc1cc(F)ccc1F)C1CCOC1. The molecule has 2 unspecified atom stereocenters. The highest BCUT2D eigenvalue weighted by atomic mass is 19.1. The molecule has 0 radical (unpaired) electrons. The lowest BCUT2D eigenvalue weighted by molar-refractivity contribution is 0.159. The summed E-state index contributed by atoms with van der Waals surface area (Å²) in [6.45, 7) is 4.55. The Kier molecular flexibility index (Phi) is 5.10. The van der Waals surface area contributed by atoms with Gasteiger partial charge in [0.05, 0.1) is 6.61 Å². The zero-order valence-corrected chi connectivity index (χ0v) is 11.0. The Hall–Kier alpha value is -1.20. The largest absolute Gasteiger partial charge is 0.489 e. The van der Waals surface area contributed by atoms with Crippen LogP contribution >= 0.6 is 0 Å². The molecule has 1 N–H and O–H groups in total. The van der Waals surface area contributed by atoms with Crippen LogP contribution in [0.15, 0.2) is 18.2 Å². The van der Waals surface area contributed by atoms with Crippen molar-refractivity contribution < 1.29 is 18.3 Å². The van der Waals surface area contributed by atoms with E-state index in [4.69, 9.17) is 9.47 Å². The average Bonchev–Trinajstić information content (AvgIpc) is 2.92. The fourth-order valence-electron chi connectivity index (χ4n) is 2.26. The van der Waals surface area contributed by atoms with Crippen molar-refractivity contribution in [2.24, 2.45) is 5.92 Å². The number of hydrogen-bond acceptors (Lipinski definition) is 3. The van der Waals surface area contributed by atoms with Crippen LogP contribution in [-0.2, 0) is 4.74 Å². The number of benzene rings is 1. The van der Waals surface area contributed by atoms with E-state index in [-0.39, 0.29) is 11.8 Å². The highest BCUT2D eigenvalue weighted by Gasteiger charge is 2.25. The van der Waals surface area contributed by atoms with Gasteiger partial charge in [0.2, 0.25) is 0 Å². The lowest BCUT2D eigenvalue weighted by atomic mass is 10.00. The molecular formula is C14H19F2NO2. The zero-order chi connectivity index (χ0) is 13.7. The van der Waals surface area contributed by atoms with Crippen molar-refractivity contribution >= 4 is 0 Å². The molecule has 3 nitrogen and oxygen atoms in total. The standard InChI is InChI=1S/C14H19F2NO2/c1-2-17-13(10-5-6-18-8-10)9-19-14-7-11(15)3-4-12(14)16/h3-4,7,10,13,17H,2,5-6,8-9H2,1H3. The van der Waals surface area contributed by atoms with Crippen LogP contribution in [0.5, 0.6) is 5.75 Å². The number of likely N-dealkylation sites (N-methyl/N-ethyl adjacent to an activating group) is 1. The Morgan fingerprint density at radius 2 is 2.32 bits per heavy atom. The highest BCUT2D eigenvalue weighted by Crippen LogP contribution is 2.21. The predicted molar refractivity (Wildman–Crippen MR) is 68.2 cm³/mol. The van der Waals surface area contributed by atoms with Crippen LogP contribution in [0.3, 0.4) is 0 Å². The van der Waals surface area contributed by atoms with Crippen LogP contribution < -0.4 is 10.1 Å². The van der Waals surface area contributed by atoms with Crippen LogP contribution in [0.2, 0.25) is 0 Å². The third-order valence-corrected chi connectivity index (χ3v) is 3.31. The Morgan fingerprint density at radius 1 is 1.47 bits per heavy atom. The molecule has 0 spiro atoms. The van der Waals surface area contributed by atoms with E-state index in [1.165, 1.54) is 0 Å². The molecule has 1 saturated heterocycles. The van der Waals surface area contributed by atoms with Gasteiger partial charge in [-0.2, -0.15) is 0 Å². The van der Waals surface area contributed by atoms with Crippen LogP contribution in [0.4, 0.5) is 8.78 Å². The van der Waals surface area contributed by atoms with Crippen molar-refractivity contribution in [2.75, 3.05) is 26.4 Å². The molecule has 0 amide bonds. The number of nitrogens with one attached hydrogen (secondary N) is 1. The van der Waals surface area contributed by atoms with Gasteiger partial charge in [-0.05, 0) is 25.1 Å². The molecule has 0 aliphatic carbocycles. The van der Waals surface area contributed by atoms with E-state index >= 15 is 0 Å². The van der Waals surface area contributed by atoms with Gasteiger partial charge in [0, 0.05) is 24.6 Å². The molecule has 2 atom stereocenters. The lowest BCUT2D eigenvalue weighted by Crippen LogP contribution is -2.41. The summed E-state index contributed by atoms with van der Waals surface area (Å²) < 4.78 is 37.2. The Labute approximate surface area is 111 Å². The molecule has 0 aromatic heterocycles. The van der Waals surface area contributed by atoms with Crippen LogP contribution in [0, 0.1) is 17.6 Å². The topological polar surface area (TPSA) is 30.5 Å². The Morgan fingerprint density at radius 3 is 3.00 bits per heavy atom. The van der Waals surface area contributed by atoms with E-state index < -0.39 is 11.6 Å². The molecule has 1 heterocycles. The van der Waals surface area contributed by atoms with Gasteiger partial charge < -0.3 is 14.8 Å². The molecule has 1 aliphatic heterocycles. The number of ether oxygens (including phenoxy) is 2. The molecular weight excluding hydrogens is 252 g/mol. The summed E-state index contributed by atoms with van der Waals surface area (Å²) in [5, 5.41) is 3.31. The van der Waals surface area contributed by atoms with Crippen molar-refractivity contribution in [3.8, 4) is 5.75 Å². The van der Waals surface area contributed by atoms with Crippen molar-refractivity contribution in [1.82, 2.24) is 5.32 Å². The summed E-state index contributed by atoms with van der Waals surface area (Å²) in [5.41, 5.74) is 0. The van der Waals surface area contributed by atoms with E-state index in [9.17, 15) is 8.78 Å². The summed E-state index contributed by atoms with van der Waals surface area (Å²) in [6, 6.07) is 3.32. The molecule has 19 heavy (non-hydrogen) atoms. The first-order valence-electron chi connectivity index (χ1n) is 6.59. The smallest absolute Gasteiger partial charge is 0.165 e. The number of halogens is 2. The summed E-state index contributed by atoms with van der Waals surface area (Å²) in [5.74, 6) is -0.724. The quantitative estimate of drug-likeness (QED) is 0.861. The maximum Gasteiger partial charge on any atom is 0.165 e. The van der Waals surface area contributed by atoms with Gasteiger partial charge in [-0.3, -0.25) is 0 Å². The predicted octanol–water partition coefficient (Wildman–Crippen LogP) is 2.36. The third-order valence-electron chi connectivity index (χ3n) is 3.31. The molecule has 2 rings (SSSR count). The lowest BCUT2D eigenvalue weighted by Gasteiger charge is -2.23. The second-order valence-electron chi connectivity index (χ2n) is 4.67. The normalized spacial score (nSPS) is 20.5. The molecule has 1 fully saturated rings. The Bertz CT molecular complexity index is 408. The maximum atomic E-state index is 13.4. The van der Waals surface area contributed by atoms with E-state index in [0.717, 1.165) is 37.8 Å². The minimum atomic E-state index is -0.542. The summed E-state index contributed by atoms with van der Waals surface area (Å²) >= 11 is 0. The van der Waals surface area contributed by atoms with Crippen molar-refractivity contribution in [2.45, 2.75) is 19.4 Å². The first kappa shape index (κ1) is 14.2. The summed E-state index contributed by atoms with van der Waals surface area (Å²) in [4.78, 5) is 0. The van der Waals surface area contributed by atoms with E-state index in [1.807, 2.05) is 6.92 Å². The monoisotopic (exact) mass is 271 g/mol. The van der Waals surface area contributed by atoms with Crippen LogP contribution in [0.1, 0.15) is 13.3 Å². The molecule has 1 aliphatic rings. The van der Waals surface area contributed by atoms with Gasteiger partial charge in [0.25, 0.3) is 0 Å². The minimum absolute atomic E-state index is 0.0400. The minimum Gasteiger partial charge on any atom is -0.489 e. The second kappa shape index (κ2) is 6.82. The van der Waals surface area contributed by atoms with Crippen molar-refractivity contribution in [1.29, 1.82) is 0 Å². The van der Waals surface area contributed by atoms with Gasteiger partial charge in [0.15, 0.2) is 11.6 Å². The van der Waals surface area contributed by atoms with Crippen LogP contribution in [0.25, 0.3) is 0 Å². The molecule has 106 valence electrons. The van der Waals surface area contributed by atoms with E-state index in [2.05, 4.69) is 5.32 Å². The molecule has 5 heteroatoms. The van der Waals surface area contributed by atoms with E-state index in [0.29, 0.717) is 19.1 Å². The highest BCUT2D eigenvalue weighted by molar-refractivity contribution is 5.24. The second-order valence-corrected chi connectivity index (χ2v) is 4.67.